The molecular weight excluding hydrogens is 239 g/mol. The van der Waals surface area contributed by atoms with E-state index in [2.05, 4.69) is 0 Å². The van der Waals surface area contributed by atoms with Crippen molar-refractivity contribution in [2.45, 2.75) is 11.8 Å². The van der Waals surface area contributed by atoms with Crippen molar-refractivity contribution in [3.63, 3.8) is 0 Å². The van der Waals surface area contributed by atoms with E-state index in [4.69, 9.17) is 0 Å². The third kappa shape index (κ3) is 5.73. The van der Waals surface area contributed by atoms with Crippen molar-refractivity contribution in [3.05, 3.63) is 0 Å². The van der Waals surface area contributed by atoms with Crippen LogP contribution in [0.25, 0.3) is 0 Å². The van der Waals surface area contributed by atoms with Crippen molar-refractivity contribution in [2.24, 2.45) is 0 Å². The van der Waals surface area contributed by atoms with Gasteiger partial charge >= 0.3 is 51.4 Å². The van der Waals surface area contributed by atoms with E-state index in [1.165, 1.54) is 0 Å². The molecule has 0 saturated carbocycles. The molecule has 0 rings (SSSR count). The first-order valence-electron chi connectivity index (χ1n) is 2.13. The van der Waals surface area contributed by atoms with Crippen molar-refractivity contribution in [1.82, 2.24) is 4.72 Å². The Labute approximate surface area is 92.3 Å². The second-order valence-electron chi connectivity index (χ2n) is 1.55. The molecule has 13 heavy (non-hydrogen) atoms. The summed E-state index contributed by atoms with van der Waals surface area (Å²) in [5.74, 6) is 0. The minimum absolute atomic E-state index is 0. The number of hydrogen-bond donors (Lipinski definition) is 1. The van der Waals surface area contributed by atoms with Gasteiger partial charge in [-0.15, -0.1) is 4.72 Å². The Hall–Kier alpha value is 0.490. The van der Waals surface area contributed by atoms with E-state index in [9.17, 15) is 34.8 Å². The number of hydrogen-bond acceptors (Lipinski definition) is 2. The summed E-state index contributed by atoms with van der Waals surface area (Å²) in [6.45, 7) is 0. The molecule has 0 aromatic rings. The summed E-state index contributed by atoms with van der Waals surface area (Å²) < 4.78 is 85.8. The maximum atomic E-state index is 11.2. The van der Waals surface area contributed by atoms with Crippen LogP contribution in [0.2, 0.25) is 0 Å². The fourth-order valence-electron chi connectivity index (χ4n) is 0.210. The molecule has 0 heterocycles. The maximum Gasteiger partial charge on any atom is 1.00 e. The van der Waals surface area contributed by atoms with Crippen LogP contribution in [0, 0.1) is 0 Å². The zero-order chi connectivity index (χ0) is 10.2. The Bertz CT molecular complexity index is 258. The molecule has 0 spiro atoms. The second kappa shape index (κ2) is 4.34. The molecule has 0 bridgehead atoms. The molecule has 0 radical (unpaired) electrons. The first kappa shape index (κ1) is 15.9. The van der Waals surface area contributed by atoms with E-state index in [0.29, 0.717) is 0 Å². The van der Waals surface area contributed by atoms with Crippen LogP contribution in [0.4, 0.5) is 26.3 Å². The van der Waals surface area contributed by atoms with Gasteiger partial charge in [0.2, 0.25) is 0 Å². The molecule has 0 aromatic carbocycles. The molecule has 0 atom stereocenters. The SMILES string of the molecule is O=S(=O)(NC(F)(F)F)C(F)(F)F.[H-].[Na+]. The molecule has 0 fully saturated rings. The van der Waals surface area contributed by atoms with Crippen molar-refractivity contribution in [2.75, 3.05) is 0 Å². The Morgan fingerprint density at radius 3 is 1.38 bits per heavy atom. The molecule has 1 N–H and O–H groups in total. The normalized spacial score (nSPS) is 13.7. The summed E-state index contributed by atoms with van der Waals surface area (Å²) in [5.41, 5.74) is -5.96. The standard InChI is InChI=1S/C2HF6NO2S.Na.H/c3-1(4,5)9-12(10,11)2(6,7)8;;/h9H;;/q;+1;-1. The molecule has 0 amide bonds. The van der Waals surface area contributed by atoms with Crippen molar-refractivity contribution >= 4 is 10.0 Å². The minimum Gasteiger partial charge on any atom is -1.00 e. The smallest absolute Gasteiger partial charge is 1.00 e. The van der Waals surface area contributed by atoms with Crippen molar-refractivity contribution in [3.8, 4) is 0 Å². The molecule has 0 aliphatic heterocycles. The summed E-state index contributed by atoms with van der Waals surface area (Å²) >= 11 is 0. The van der Waals surface area contributed by atoms with Crippen LogP contribution in [0.5, 0.6) is 0 Å². The van der Waals surface area contributed by atoms with Crippen LogP contribution < -0.4 is 34.3 Å². The molecule has 0 unspecified atom stereocenters. The Morgan fingerprint density at radius 1 is 1.00 bits per heavy atom. The minimum atomic E-state index is -6.33. The van der Waals surface area contributed by atoms with E-state index < -0.39 is 26.6 Å². The molecule has 0 aliphatic rings. The first-order chi connectivity index (χ1) is 4.96. The summed E-state index contributed by atoms with van der Waals surface area (Å²) in [6, 6.07) is 0. The fourth-order valence-corrected chi connectivity index (χ4v) is 0.631. The average molecular weight is 241 g/mol. The summed E-state index contributed by atoms with van der Waals surface area (Å²) in [4.78, 5) is 0. The molecule has 0 saturated heterocycles. The van der Waals surface area contributed by atoms with Gasteiger partial charge in [0.15, 0.2) is 0 Å². The zero-order valence-electron chi connectivity index (χ0n) is 6.99. The van der Waals surface area contributed by atoms with Gasteiger partial charge in [-0.25, -0.2) is 8.42 Å². The summed E-state index contributed by atoms with van der Waals surface area (Å²) in [6.07, 6.45) is -5.62. The first-order valence-corrected chi connectivity index (χ1v) is 3.61. The Morgan fingerprint density at radius 2 is 1.31 bits per heavy atom. The number of nitrogens with one attached hydrogen (secondary N) is 1. The number of rotatable bonds is 1. The van der Waals surface area contributed by atoms with E-state index >= 15 is 0 Å². The molecule has 76 valence electrons. The van der Waals surface area contributed by atoms with Gasteiger partial charge < -0.3 is 1.43 Å². The molecule has 3 nitrogen and oxygen atoms in total. The van der Waals surface area contributed by atoms with Crippen LogP contribution in [-0.2, 0) is 10.0 Å². The van der Waals surface area contributed by atoms with Gasteiger partial charge in [-0.3, -0.25) is 0 Å². The van der Waals surface area contributed by atoms with Gasteiger partial charge in [-0.1, -0.05) is 0 Å². The molecular formula is C2H2F6NNaO2S. The van der Waals surface area contributed by atoms with Crippen LogP contribution in [0.15, 0.2) is 0 Å². The predicted molar refractivity (Wildman–Crippen MR) is 25.3 cm³/mol. The maximum absolute atomic E-state index is 11.2. The largest absolute Gasteiger partial charge is 1.00 e. The Balaban J connectivity index is -0.000000605. The van der Waals surface area contributed by atoms with E-state index in [0.717, 1.165) is 0 Å². The van der Waals surface area contributed by atoms with Gasteiger partial charge in [0, 0.05) is 0 Å². The van der Waals surface area contributed by atoms with Crippen LogP contribution in [-0.4, -0.2) is 20.2 Å². The monoisotopic (exact) mass is 241 g/mol. The third-order valence-electron chi connectivity index (χ3n) is 0.555. The van der Waals surface area contributed by atoms with E-state index in [1.807, 2.05) is 0 Å². The fraction of sp³-hybridized carbons (Fsp3) is 1.00. The van der Waals surface area contributed by atoms with E-state index in [-0.39, 0.29) is 31.0 Å². The quantitative estimate of drug-likeness (QED) is 0.330. The van der Waals surface area contributed by atoms with Crippen LogP contribution in [0.1, 0.15) is 1.43 Å². The second-order valence-corrected chi connectivity index (χ2v) is 3.22. The van der Waals surface area contributed by atoms with Crippen molar-refractivity contribution < 1.29 is 65.7 Å². The number of alkyl halides is 6. The third-order valence-corrected chi connectivity index (χ3v) is 1.66. The predicted octanol–water partition coefficient (Wildman–Crippen LogP) is -1.94. The molecule has 0 aromatic heterocycles. The zero-order valence-corrected chi connectivity index (χ0v) is 8.81. The molecule has 0 aliphatic carbocycles. The topological polar surface area (TPSA) is 46.2 Å². The van der Waals surface area contributed by atoms with Gasteiger partial charge in [0.25, 0.3) is 0 Å². The van der Waals surface area contributed by atoms with Gasteiger partial charge in [0.1, 0.15) is 0 Å². The molecule has 11 heteroatoms. The average Bonchev–Trinajstić information content (AvgIpc) is 1.52. The Kier molecular flexibility index (Phi) is 5.32. The van der Waals surface area contributed by atoms with Crippen LogP contribution in [0.3, 0.4) is 0 Å². The van der Waals surface area contributed by atoms with Gasteiger partial charge in [-0.2, -0.15) is 26.3 Å². The summed E-state index contributed by atoms with van der Waals surface area (Å²) in [5, 5.41) is 0. The number of sulfonamides is 1. The number of halogens is 6. The van der Waals surface area contributed by atoms with Gasteiger partial charge in [0.05, 0.1) is 0 Å². The van der Waals surface area contributed by atoms with Crippen LogP contribution >= 0.6 is 0 Å². The van der Waals surface area contributed by atoms with Gasteiger partial charge in [-0.05, 0) is 0 Å². The van der Waals surface area contributed by atoms with E-state index in [1.54, 1.807) is 0 Å². The van der Waals surface area contributed by atoms with Crippen molar-refractivity contribution in [1.29, 1.82) is 0 Å². The summed E-state index contributed by atoms with van der Waals surface area (Å²) in [7, 11) is -6.33.